The highest BCUT2D eigenvalue weighted by atomic mass is 32.2. The molecular formula is C17H27N3OS. The fraction of sp³-hybridized carbons (Fsp3) is 0.588. The SMILES string of the molecule is CCN(CCNC(=O)CC1CSCCN1)c1ccccc1C. The number of anilines is 1. The van der Waals surface area contributed by atoms with Gasteiger partial charge in [-0.2, -0.15) is 11.8 Å². The highest BCUT2D eigenvalue weighted by Crippen LogP contribution is 2.18. The molecule has 1 fully saturated rings. The molecule has 0 aromatic heterocycles. The zero-order chi connectivity index (χ0) is 15.8. The van der Waals surface area contributed by atoms with E-state index in [1.54, 1.807) is 0 Å². The highest BCUT2D eigenvalue weighted by Gasteiger charge is 2.16. The lowest BCUT2D eigenvalue weighted by Crippen LogP contribution is -2.42. The Morgan fingerprint density at radius 3 is 2.95 bits per heavy atom. The fourth-order valence-electron chi connectivity index (χ4n) is 2.74. The van der Waals surface area contributed by atoms with E-state index >= 15 is 0 Å². The Kier molecular flexibility index (Phi) is 7.06. The second kappa shape index (κ2) is 9.06. The maximum atomic E-state index is 12.0. The molecule has 0 saturated carbocycles. The van der Waals surface area contributed by atoms with Crippen LogP contribution in [-0.2, 0) is 4.79 Å². The van der Waals surface area contributed by atoms with Gasteiger partial charge in [-0.1, -0.05) is 18.2 Å². The number of nitrogens with one attached hydrogen (secondary N) is 2. The van der Waals surface area contributed by atoms with E-state index in [0.29, 0.717) is 19.0 Å². The Labute approximate surface area is 138 Å². The number of hydrogen-bond acceptors (Lipinski definition) is 4. The summed E-state index contributed by atoms with van der Waals surface area (Å²) in [6, 6.07) is 8.73. The smallest absolute Gasteiger partial charge is 0.221 e. The van der Waals surface area contributed by atoms with Crippen LogP contribution < -0.4 is 15.5 Å². The molecule has 1 unspecified atom stereocenters. The van der Waals surface area contributed by atoms with Gasteiger partial charge in [0.2, 0.25) is 5.91 Å². The van der Waals surface area contributed by atoms with Crippen LogP contribution >= 0.6 is 11.8 Å². The van der Waals surface area contributed by atoms with Crippen LogP contribution in [-0.4, -0.2) is 49.6 Å². The van der Waals surface area contributed by atoms with Crippen LogP contribution in [0.3, 0.4) is 0 Å². The zero-order valence-electron chi connectivity index (χ0n) is 13.6. The van der Waals surface area contributed by atoms with E-state index in [2.05, 4.69) is 53.6 Å². The molecule has 4 nitrogen and oxygen atoms in total. The van der Waals surface area contributed by atoms with Crippen LogP contribution in [0.2, 0.25) is 0 Å². The molecule has 0 aliphatic carbocycles. The summed E-state index contributed by atoms with van der Waals surface area (Å²) in [5.74, 6) is 2.35. The van der Waals surface area contributed by atoms with Crippen molar-refractivity contribution >= 4 is 23.4 Å². The predicted octanol–water partition coefficient (Wildman–Crippen LogP) is 2.03. The summed E-state index contributed by atoms with van der Waals surface area (Å²) in [4.78, 5) is 14.3. The third-order valence-corrected chi connectivity index (χ3v) is 5.10. The summed E-state index contributed by atoms with van der Waals surface area (Å²) in [5.41, 5.74) is 2.53. The molecule has 22 heavy (non-hydrogen) atoms. The molecule has 1 heterocycles. The van der Waals surface area contributed by atoms with Crippen molar-refractivity contribution in [2.24, 2.45) is 0 Å². The van der Waals surface area contributed by atoms with Gasteiger partial charge in [0.25, 0.3) is 0 Å². The lowest BCUT2D eigenvalue weighted by molar-refractivity contribution is -0.121. The minimum absolute atomic E-state index is 0.154. The average molecular weight is 321 g/mol. The topological polar surface area (TPSA) is 44.4 Å². The number of para-hydroxylation sites is 1. The number of aryl methyl sites for hydroxylation is 1. The molecule has 1 saturated heterocycles. The number of nitrogens with zero attached hydrogens (tertiary/aromatic N) is 1. The third kappa shape index (κ3) is 5.21. The van der Waals surface area contributed by atoms with E-state index in [1.165, 1.54) is 11.3 Å². The lowest BCUT2D eigenvalue weighted by atomic mass is 10.2. The van der Waals surface area contributed by atoms with Crippen molar-refractivity contribution < 1.29 is 4.79 Å². The molecule has 0 bridgehead atoms. The summed E-state index contributed by atoms with van der Waals surface area (Å²) in [5, 5.41) is 6.46. The molecular weight excluding hydrogens is 294 g/mol. The molecule has 1 atom stereocenters. The van der Waals surface area contributed by atoms with Crippen molar-refractivity contribution in [2.75, 3.05) is 42.6 Å². The van der Waals surface area contributed by atoms with Gasteiger partial charge in [0.05, 0.1) is 0 Å². The summed E-state index contributed by atoms with van der Waals surface area (Å²) in [7, 11) is 0. The third-order valence-electron chi connectivity index (χ3n) is 3.97. The molecule has 1 aliphatic heterocycles. The number of carbonyl (C=O) groups excluding carboxylic acids is 1. The number of likely N-dealkylation sites (N-methyl/N-ethyl adjacent to an activating group) is 1. The zero-order valence-corrected chi connectivity index (χ0v) is 14.4. The summed E-state index contributed by atoms with van der Waals surface area (Å²) in [6.45, 7) is 7.78. The normalized spacial score (nSPS) is 18.0. The van der Waals surface area contributed by atoms with Crippen LogP contribution in [0.5, 0.6) is 0 Å². The molecule has 0 spiro atoms. The molecule has 1 aromatic carbocycles. The van der Waals surface area contributed by atoms with Gasteiger partial charge in [-0.05, 0) is 25.5 Å². The standard InChI is InChI=1S/C17H27N3OS/c1-3-20(16-7-5-4-6-14(16)2)10-8-19-17(21)12-15-13-22-11-9-18-15/h4-7,15,18H,3,8-13H2,1-2H3,(H,19,21). The quantitative estimate of drug-likeness (QED) is 0.807. The van der Waals surface area contributed by atoms with Crippen molar-refractivity contribution in [3.63, 3.8) is 0 Å². The van der Waals surface area contributed by atoms with Gasteiger partial charge in [0.1, 0.15) is 0 Å². The van der Waals surface area contributed by atoms with Gasteiger partial charge < -0.3 is 15.5 Å². The largest absolute Gasteiger partial charge is 0.370 e. The second-order valence-electron chi connectivity index (χ2n) is 5.65. The van der Waals surface area contributed by atoms with Crippen LogP contribution in [0.1, 0.15) is 18.9 Å². The Balaban J connectivity index is 1.74. The number of amides is 1. The van der Waals surface area contributed by atoms with Crippen molar-refractivity contribution in [3.8, 4) is 0 Å². The van der Waals surface area contributed by atoms with E-state index in [4.69, 9.17) is 0 Å². The number of thioether (sulfide) groups is 1. The number of carbonyl (C=O) groups is 1. The lowest BCUT2D eigenvalue weighted by Gasteiger charge is -2.26. The van der Waals surface area contributed by atoms with E-state index in [0.717, 1.165) is 31.1 Å². The fourth-order valence-corrected chi connectivity index (χ4v) is 3.69. The molecule has 1 aliphatic rings. The molecule has 1 aromatic rings. The minimum atomic E-state index is 0.154. The molecule has 2 rings (SSSR count). The predicted molar refractivity (Wildman–Crippen MR) is 95.8 cm³/mol. The van der Waals surface area contributed by atoms with E-state index in [9.17, 15) is 4.79 Å². The number of rotatable bonds is 7. The Morgan fingerprint density at radius 2 is 2.27 bits per heavy atom. The average Bonchev–Trinajstić information content (AvgIpc) is 2.53. The van der Waals surface area contributed by atoms with Crippen molar-refractivity contribution in [3.05, 3.63) is 29.8 Å². The van der Waals surface area contributed by atoms with Crippen LogP contribution in [0.15, 0.2) is 24.3 Å². The first-order valence-corrected chi connectivity index (χ1v) is 9.24. The van der Waals surface area contributed by atoms with E-state index < -0.39 is 0 Å². The van der Waals surface area contributed by atoms with Gasteiger partial charge in [0, 0.05) is 55.8 Å². The van der Waals surface area contributed by atoms with Crippen LogP contribution in [0.25, 0.3) is 0 Å². The molecule has 1 amide bonds. The van der Waals surface area contributed by atoms with E-state index in [1.807, 2.05) is 11.8 Å². The number of hydrogen-bond donors (Lipinski definition) is 2. The van der Waals surface area contributed by atoms with Gasteiger partial charge in [-0.15, -0.1) is 0 Å². The summed E-state index contributed by atoms with van der Waals surface area (Å²) in [6.07, 6.45) is 0.587. The van der Waals surface area contributed by atoms with Gasteiger partial charge in [-0.3, -0.25) is 4.79 Å². The Bertz CT molecular complexity index is 475. The van der Waals surface area contributed by atoms with Crippen molar-refractivity contribution in [2.45, 2.75) is 26.3 Å². The number of benzene rings is 1. The van der Waals surface area contributed by atoms with Gasteiger partial charge >= 0.3 is 0 Å². The van der Waals surface area contributed by atoms with Crippen LogP contribution in [0.4, 0.5) is 5.69 Å². The van der Waals surface area contributed by atoms with Gasteiger partial charge in [-0.25, -0.2) is 0 Å². The second-order valence-corrected chi connectivity index (χ2v) is 6.80. The Hall–Kier alpha value is -1.20. The maximum Gasteiger partial charge on any atom is 0.221 e. The monoisotopic (exact) mass is 321 g/mol. The van der Waals surface area contributed by atoms with Crippen molar-refractivity contribution in [1.29, 1.82) is 0 Å². The first kappa shape index (κ1) is 17.2. The molecule has 122 valence electrons. The molecule has 5 heteroatoms. The first-order chi connectivity index (χ1) is 10.7. The van der Waals surface area contributed by atoms with E-state index in [-0.39, 0.29) is 5.91 Å². The Morgan fingerprint density at radius 1 is 1.45 bits per heavy atom. The molecule has 2 N–H and O–H groups in total. The van der Waals surface area contributed by atoms with Crippen molar-refractivity contribution in [1.82, 2.24) is 10.6 Å². The van der Waals surface area contributed by atoms with Crippen LogP contribution in [0, 0.1) is 6.92 Å². The summed E-state index contributed by atoms with van der Waals surface area (Å²) >= 11 is 1.93. The summed E-state index contributed by atoms with van der Waals surface area (Å²) < 4.78 is 0. The maximum absolute atomic E-state index is 12.0. The molecule has 0 radical (unpaired) electrons. The minimum Gasteiger partial charge on any atom is -0.370 e. The first-order valence-electron chi connectivity index (χ1n) is 8.09. The highest BCUT2D eigenvalue weighted by molar-refractivity contribution is 7.99. The van der Waals surface area contributed by atoms with Gasteiger partial charge in [0.15, 0.2) is 0 Å².